The lowest BCUT2D eigenvalue weighted by Gasteiger charge is -2.00. The second-order valence-electron chi connectivity index (χ2n) is 2.56. The van der Waals surface area contributed by atoms with Gasteiger partial charge in [0.2, 0.25) is 0 Å². The highest BCUT2D eigenvalue weighted by molar-refractivity contribution is 5.66. The summed E-state index contributed by atoms with van der Waals surface area (Å²) in [6, 6.07) is 0. The zero-order valence-electron chi connectivity index (χ0n) is 7.08. The van der Waals surface area contributed by atoms with Crippen LogP contribution in [-0.2, 0) is 9.59 Å². The fourth-order valence-electron chi connectivity index (χ4n) is 0.800. The molecule has 0 spiro atoms. The third kappa shape index (κ3) is 9.10. The molecule has 0 heterocycles. The summed E-state index contributed by atoms with van der Waals surface area (Å²) in [6.07, 6.45) is 3.15. The molecule has 4 heteroatoms. The molecule has 0 aliphatic heterocycles. The van der Waals surface area contributed by atoms with Crippen LogP contribution in [0.5, 0.6) is 0 Å². The van der Waals surface area contributed by atoms with Gasteiger partial charge in [-0.3, -0.25) is 4.79 Å². The van der Waals surface area contributed by atoms with Crippen molar-refractivity contribution in [3.63, 3.8) is 0 Å². The number of hydrogen-bond acceptors (Lipinski definition) is 3. The topological polar surface area (TPSA) is 66.4 Å². The van der Waals surface area contributed by atoms with Crippen LogP contribution in [0.3, 0.4) is 0 Å². The molecule has 0 fully saturated rings. The van der Waals surface area contributed by atoms with Crippen LogP contribution >= 0.6 is 0 Å². The first kappa shape index (κ1) is 11.1. The van der Waals surface area contributed by atoms with Crippen molar-refractivity contribution in [3.05, 3.63) is 0 Å². The van der Waals surface area contributed by atoms with Gasteiger partial charge < -0.3 is 15.2 Å². The van der Waals surface area contributed by atoms with Crippen LogP contribution in [0.1, 0.15) is 25.7 Å². The van der Waals surface area contributed by atoms with E-state index >= 15 is 0 Å². The van der Waals surface area contributed by atoms with Crippen LogP contribution in [0.25, 0.3) is 0 Å². The number of unbranched alkanes of at least 4 members (excludes halogenated alkanes) is 1. The first-order chi connectivity index (χ1) is 5.77. The summed E-state index contributed by atoms with van der Waals surface area (Å²) in [5, 5.41) is 11.3. The van der Waals surface area contributed by atoms with E-state index in [1.165, 1.54) is 0 Å². The molecule has 0 saturated carbocycles. The molecule has 12 heavy (non-hydrogen) atoms. The first-order valence-corrected chi connectivity index (χ1v) is 4.13. The average molecular weight is 173 g/mol. The van der Waals surface area contributed by atoms with Gasteiger partial charge in [0.1, 0.15) is 6.29 Å². The lowest BCUT2D eigenvalue weighted by atomic mass is 10.3. The molecule has 0 bridgehead atoms. The molecule has 0 unspecified atom stereocenters. The van der Waals surface area contributed by atoms with Gasteiger partial charge in [-0.05, 0) is 25.9 Å². The fraction of sp³-hybridized carbons (Fsp3) is 0.750. The van der Waals surface area contributed by atoms with Crippen molar-refractivity contribution in [3.8, 4) is 0 Å². The van der Waals surface area contributed by atoms with Gasteiger partial charge in [0.15, 0.2) is 0 Å². The van der Waals surface area contributed by atoms with Gasteiger partial charge in [0.05, 0.1) is 0 Å². The molecule has 0 rings (SSSR count). The third-order valence-electron chi connectivity index (χ3n) is 1.42. The van der Waals surface area contributed by atoms with E-state index < -0.39 is 5.97 Å². The molecule has 0 atom stereocenters. The second-order valence-corrected chi connectivity index (χ2v) is 2.56. The normalized spacial score (nSPS) is 9.67. The zero-order valence-corrected chi connectivity index (χ0v) is 7.08. The number of hydrogen-bond donors (Lipinski definition) is 2. The Hall–Kier alpha value is -0.900. The van der Waals surface area contributed by atoms with Crippen molar-refractivity contribution in [1.29, 1.82) is 0 Å². The van der Waals surface area contributed by atoms with Crippen molar-refractivity contribution < 1.29 is 14.7 Å². The van der Waals surface area contributed by atoms with Crippen molar-refractivity contribution in [2.45, 2.75) is 25.7 Å². The second kappa shape index (κ2) is 8.20. The molecule has 2 N–H and O–H groups in total. The van der Waals surface area contributed by atoms with Gasteiger partial charge >= 0.3 is 5.97 Å². The van der Waals surface area contributed by atoms with E-state index in [9.17, 15) is 9.59 Å². The first-order valence-electron chi connectivity index (χ1n) is 4.13. The minimum absolute atomic E-state index is 0.209. The maximum absolute atomic E-state index is 10.1. The van der Waals surface area contributed by atoms with Gasteiger partial charge in [-0.2, -0.15) is 0 Å². The minimum Gasteiger partial charge on any atom is -0.481 e. The summed E-state index contributed by atoms with van der Waals surface area (Å²) in [7, 11) is 0. The smallest absolute Gasteiger partial charge is 0.303 e. The third-order valence-corrected chi connectivity index (χ3v) is 1.42. The maximum atomic E-state index is 10.1. The number of aldehydes is 1. The van der Waals surface area contributed by atoms with Crippen molar-refractivity contribution in [1.82, 2.24) is 5.32 Å². The number of rotatable bonds is 8. The molecule has 4 nitrogen and oxygen atoms in total. The van der Waals surface area contributed by atoms with E-state index in [0.29, 0.717) is 19.4 Å². The number of carboxylic acids is 1. The number of nitrogens with one attached hydrogen (secondary N) is 1. The van der Waals surface area contributed by atoms with Gasteiger partial charge in [-0.25, -0.2) is 0 Å². The highest BCUT2D eigenvalue weighted by Crippen LogP contribution is 1.86. The number of carboxylic acid groups (broad SMARTS) is 1. The quantitative estimate of drug-likeness (QED) is 0.412. The van der Waals surface area contributed by atoms with E-state index in [4.69, 9.17) is 5.11 Å². The van der Waals surface area contributed by atoms with E-state index in [0.717, 1.165) is 19.3 Å². The standard InChI is InChI=1S/C8H15NO3/c10-7-2-1-5-9-6-3-4-8(11)12/h7,9H,1-6H2,(H,11,12). The summed E-state index contributed by atoms with van der Waals surface area (Å²) in [6.45, 7) is 1.50. The Bertz CT molecular complexity index is 136. The molecular weight excluding hydrogens is 158 g/mol. The van der Waals surface area contributed by atoms with Crippen LogP contribution in [0.4, 0.5) is 0 Å². The van der Waals surface area contributed by atoms with E-state index in [2.05, 4.69) is 5.32 Å². The summed E-state index contributed by atoms with van der Waals surface area (Å²) >= 11 is 0. The largest absolute Gasteiger partial charge is 0.481 e. The molecule has 0 aromatic rings. The molecule has 0 saturated heterocycles. The Kier molecular flexibility index (Phi) is 7.58. The van der Waals surface area contributed by atoms with Crippen molar-refractivity contribution in [2.75, 3.05) is 13.1 Å². The Morgan fingerprint density at radius 2 is 2.00 bits per heavy atom. The maximum Gasteiger partial charge on any atom is 0.303 e. The number of carbonyl (C=O) groups excluding carboxylic acids is 1. The lowest BCUT2D eigenvalue weighted by Crippen LogP contribution is -2.17. The van der Waals surface area contributed by atoms with Crippen LogP contribution in [0.2, 0.25) is 0 Å². The molecule has 0 radical (unpaired) electrons. The van der Waals surface area contributed by atoms with Crippen LogP contribution in [0, 0.1) is 0 Å². The van der Waals surface area contributed by atoms with E-state index in [1.807, 2.05) is 0 Å². The van der Waals surface area contributed by atoms with Crippen LogP contribution < -0.4 is 5.32 Å². The van der Waals surface area contributed by atoms with Crippen molar-refractivity contribution >= 4 is 12.3 Å². The van der Waals surface area contributed by atoms with Crippen LogP contribution in [-0.4, -0.2) is 30.5 Å². The van der Waals surface area contributed by atoms with Crippen molar-refractivity contribution in [2.24, 2.45) is 0 Å². The molecule has 0 aliphatic carbocycles. The molecule has 0 aliphatic rings. The summed E-state index contributed by atoms with van der Waals surface area (Å²) in [5.74, 6) is -0.760. The molecule has 70 valence electrons. The summed E-state index contributed by atoms with van der Waals surface area (Å²) < 4.78 is 0. The highest BCUT2D eigenvalue weighted by Gasteiger charge is 1.94. The highest BCUT2D eigenvalue weighted by atomic mass is 16.4. The van der Waals surface area contributed by atoms with Gasteiger partial charge in [0, 0.05) is 12.8 Å². The monoisotopic (exact) mass is 173 g/mol. The molecular formula is C8H15NO3. The predicted molar refractivity (Wildman–Crippen MR) is 45.0 cm³/mol. The SMILES string of the molecule is O=CCCCNCCCC(=O)O. The van der Waals surface area contributed by atoms with Crippen LogP contribution in [0.15, 0.2) is 0 Å². The number of carbonyl (C=O) groups is 2. The summed E-state index contributed by atoms with van der Waals surface area (Å²) in [4.78, 5) is 19.9. The van der Waals surface area contributed by atoms with Gasteiger partial charge in [-0.1, -0.05) is 0 Å². The summed E-state index contributed by atoms with van der Waals surface area (Å²) in [5.41, 5.74) is 0. The molecule has 0 amide bonds. The molecule has 0 aromatic heterocycles. The van der Waals surface area contributed by atoms with E-state index in [-0.39, 0.29) is 6.42 Å². The minimum atomic E-state index is -0.760. The van der Waals surface area contributed by atoms with E-state index in [1.54, 1.807) is 0 Å². The van der Waals surface area contributed by atoms with Gasteiger partial charge in [0.25, 0.3) is 0 Å². The fourth-order valence-corrected chi connectivity index (χ4v) is 0.800. The zero-order chi connectivity index (χ0) is 9.23. The van der Waals surface area contributed by atoms with Gasteiger partial charge in [-0.15, -0.1) is 0 Å². The number of aliphatic carboxylic acids is 1. The Labute approximate surface area is 72.0 Å². The predicted octanol–water partition coefficient (Wildman–Crippen LogP) is 0.420. The lowest BCUT2D eigenvalue weighted by molar-refractivity contribution is -0.137. The Morgan fingerprint density at radius 1 is 1.33 bits per heavy atom. The Morgan fingerprint density at radius 3 is 2.58 bits per heavy atom. The Balaban J connectivity index is 2.90. The average Bonchev–Trinajstić information content (AvgIpc) is 2.02. The molecule has 0 aromatic carbocycles.